The highest BCUT2D eigenvalue weighted by Crippen LogP contribution is 2.18. The topological polar surface area (TPSA) is 67.2 Å². The summed E-state index contributed by atoms with van der Waals surface area (Å²) in [7, 11) is 0. The Labute approximate surface area is 127 Å². The van der Waals surface area contributed by atoms with Crippen molar-refractivity contribution in [1.29, 1.82) is 0 Å². The van der Waals surface area contributed by atoms with Gasteiger partial charge in [0.2, 0.25) is 0 Å². The van der Waals surface area contributed by atoms with E-state index in [4.69, 9.17) is 0 Å². The summed E-state index contributed by atoms with van der Waals surface area (Å²) in [6.07, 6.45) is 3.99. The van der Waals surface area contributed by atoms with E-state index in [1.54, 1.807) is 42.9 Å². The maximum atomic E-state index is 12.1. The van der Waals surface area contributed by atoms with E-state index in [9.17, 15) is 9.90 Å². The number of imidazole rings is 1. The Morgan fingerprint density at radius 2 is 1.95 bits per heavy atom. The molecule has 0 bridgehead atoms. The van der Waals surface area contributed by atoms with Crippen LogP contribution >= 0.6 is 0 Å². The lowest BCUT2D eigenvalue weighted by Crippen LogP contribution is -2.20. The van der Waals surface area contributed by atoms with Crippen LogP contribution in [-0.4, -0.2) is 20.6 Å². The normalized spacial score (nSPS) is 11.9. The van der Waals surface area contributed by atoms with Crippen LogP contribution in [-0.2, 0) is 4.79 Å². The van der Waals surface area contributed by atoms with Crippen LogP contribution in [0.4, 0.5) is 5.69 Å². The fraction of sp³-hybridized carbons (Fsp3) is 0.0588. The first-order valence-electron chi connectivity index (χ1n) is 6.86. The summed E-state index contributed by atoms with van der Waals surface area (Å²) in [6, 6.07) is 16.2. The number of carbonyl (C=O) groups excluding carboxylic acids is 1. The van der Waals surface area contributed by atoms with E-state index in [0.717, 1.165) is 5.69 Å². The van der Waals surface area contributed by atoms with Crippen molar-refractivity contribution < 1.29 is 9.90 Å². The average molecular weight is 293 g/mol. The van der Waals surface area contributed by atoms with Gasteiger partial charge in [-0.1, -0.05) is 36.4 Å². The summed E-state index contributed by atoms with van der Waals surface area (Å²) in [5.74, 6) is -0.464. The van der Waals surface area contributed by atoms with Crippen LogP contribution in [0.25, 0.3) is 5.69 Å². The molecule has 0 aliphatic heterocycles. The lowest BCUT2D eigenvalue weighted by molar-refractivity contribution is -0.124. The predicted molar refractivity (Wildman–Crippen MR) is 83.6 cm³/mol. The summed E-state index contributed by atoms with van der Waals surface area (Å²) < 4.78 is 1.84. The number of aromatic nitrogens is 2. The molecular weight excluding hydrogens is 278 g/mol. The van der Waals surface area contributed by atoms with Crippen molar-refractivity contribution in [3.63, 3.8) is 0 Å². The molecule has 0 spiro atoms. The molecule has 3 rings (SSSR count). The second-order valence-electron chi connectivity index (χ2n) is 4.82. The summed E-state index contributed by atoms with van der Waals surface area (Å²) >= 11 is 0. The molecule has 2 aromatic carbocycles. The lowest BCUT2D eigenvalue weighted by Gasteiger charge is -2.12. The smallest absolute Gasteiger partial charge is 0.257 e. The quantitative estimate of drug-likeness (QED) is 0.777. The molecule has 2 N–H and O–H groups in total. The number of carbonyl (C=O) groups is 1. The van der Waals surface area contributed by atoms with Crippen molar-refractivity contribution >= 4 is 11.6 Å². The molecule has 0 aliphatic rings. The Kier molecular flexibility index (Phi) is 3.98. The number of aliphatic hydroxyl groups is 1. The van der Waals surface area contributed by atoms with E-state index in [1.165, 1.54) is 0 Å². The number of rotatable bonds is 4. The van der Waals surface area contributed by atoms with Crippen LogP contribution in [0.1, 0.15) is 11.7 Å². The van der Waals surface area contributed by atoms with E-state index >= 15 is 0 Å². The Hall–Kier alpha value is -2.92. The molecule has 0 aliphatic carbocycles. The molecule has 3 aromatic rings. The Bertz CT molecular complexity index is 755. The number of hydrogen-bond acceptors (Lipinski definition) is 3. The molecule has 1 aromatic heterocycles. The zero-order valence-corrected chi connectivity index (χ0v) is 11.8. The van der Waals surface area contributed by atoms with Gasteiger partial charge < -0.3 is 15.0 Å². The Balaban J connectivity index is 1.76. The van der Waals surface area contributed by atoms with E-state index in [2.05, 4.69) is 10.3 Å². The minimum atomic E-state index is -1.20. The molecule has 0 saturated heterocycles. The maximum Gasteiger partial charge on any atom is 0.257 e. The molecule has 0 unspecified atom stereocenters. The molecule has 5 nitrogen and oxygen atoms in total. The van der Waals surface area contributed by atoms with Gasteiger partial charge in [-0.25, -0.2) is 4.98 Å². The van der Waals surface area contributed by atoms with Gasteiger partial charge in [0, 0.05) is 23.8 Å². The fourth-order valence-electron chi connectivity index (χ4n) is 2.15. The van der Waals surface area contributed by atoms with Crippen LogP contribution in [0.2, 0.25) is 0 Å². The number of hydrogen-bond donors (Lipinski definition) is 2. The van der Waals surface area contributed by atoms with Crippen LogP contribution in [0.15, 0.2) is 73.3 Å². The summed E-state index contributed by atoms with van der Waals surface area (Å²) in [6.45, 7) is 0. The average Bonchev–Trinajstić information content (AvgIpc) is 3.10. The first-order chi connectivity index (χ1) is 10.7. The standard InChI is InChI=1S/C17H15N3O2/c21-16(13-5-2-1-3-6-13)17(22)19-14-7-4-8-15(11-14)20-10-9-18-12-20/h1-12,16,21H,(H,19,22)/t16-/m1/s1. The third-order valence-electron chi connectivity index (χ3n) is 3.28. The number of nitrogens with one attached hydrogen (secondary N) is 1. The van der Waals surface area contributed by atoms with Crippen molar-refractivity contribution in [1.82, 2.24) is 9.55 Å². The van der Waals surface area contributed by atoms with Gasteiger partial charge in [-0.15, -0.1) is 0 Å². The number of nitrogens with zero attached hydrogens (tertiary/aromatic N) is 2. The zero-order valence-electron chi connectivity index (χ0n) is 11.8. The summed E-state index contributed by atoms with van der Waals surface area (Å²) in [5, 5.41) is 12.8. The highest BCUT2D eigenvalue weighted by atomic mass is 16.3. The molecule has 1 amide bonds. The molecule has 22 heavy (non-hydrogen) atoms. The van der Waals surface area contributed by atoms with Gasteiger partial charge in [-0.05, 0) is 23.8 Å². The van der Waals surface area contributed by atoms with Gasteiger partial charge in [-0.3, -0.25) is 4.79 Å². The number of aliphatic hydroxyl groups excluding tert-OH is 1. The van der Waals surface area contributed by atoms with Gasteiger partial charge in [0.15, 0.2) is 6.10 Å². The van der Waals surface area contributed by atoms with Gasteiger partial charge in [0.05, 0.1) is 6.33 Å². The molecule has 110 valence electrons. The second-order valence-corrected chi connectivity index (χ2v) is 4.82. The van der Waals surface area contributed by atoms with Crippen LogP contribution in [0, 0.1) is 0 Å². The first kappa shape index (κ1) is 14.0. The third-order valence-corrected chi connectivity index (χ3v) is 3.28. The van der Waals surface area contributed by atoms with Crippen molar-refractivity contribution in [2.24, 2.45) is 0 Å². The largest absolute Gasteiger partial charge is 0.378 e. The zero-order chi connectivity index (χ0) is 15.4. The van der Waals surface area contributed by atoms with Crippen molar-refractivity contribution in [2.75, 3.05) is 5.32 Å². The van der Waals surface area contributed by atoms with Crippen LogP contribution in [0.3, 0.4) is 0 Å². The molecule has 0 fully saturated rings. The molecule has 1 atom stereocenters. The second kappa shape index (κ2) is 6.24. The Morgan fingerprint density at radius 1 is 1.14 bits per heavy atom. The number of benzene rings is 2. The molecule has 0 radical (unpaired) electrons. The maximum absolute atomic E-state index is 12.1. The van der Waals surface area contributed by atoms with Crippen molar-refractivity contribution in [3.8, 4) is 5.69 Å². The monoisotopic (exact) mass is 293 g/mol. The van der Waals surface area contributed by atoms with Crippen molar-refractivity contribution in [3.05, 3.63) is 78.9 Å². The van der Waals surface area contributed by atoms with Crippen molar-refractivity contribution in [2.45, 2.75) is 6.10 Å². The molecule has 1 heterocycles. The minimum absolute atomic E-state index is 0.464. The number of amides is 1. The third kappa shape index (κ3) is 3.05. The highest BCUT2D eigenvalue weighted by molar-refractivity contribution is 5.94. The van der Waals surface area contributed by atoms with Crippen LogP contribution in [0.5, 0.6) is 0 Å². The number of anilines is 1. The van der Waals surface area contributed by atoms with E-state index in [-0.39, 0.29) is 0 Å². The Morgan fingerprint density at radius 3 is 2.68 bits per heavy atom. The predicted octanol–water partition coefficient (Wildman–Crippen LogP) is 2.54. The van der Waals surface area contributed by atoms with Gasteiger partial charge in [0.25, 0.3) is 5.91 Å². The van der Waals surface area contributed by atoms with Gasteiger partial charge in [-0.2, -0.15) is 0 Å². The first-order valence-corrected chi connectivity index (χ1v) is 6.86. The molecule has 0 saturated carbocycles. The minimum Gasteiger partial charge on any atom is -0.378 e. The van der Waals surface area contributed by atoms with Gasteiger partial charge in [0.1, 0.15) is 0 Å². The molecular formula is C17H15N3O2. The fourth-order valence-corrected chi connectivity index (χ4v) is 2.15. The highest BCUT2D eigenvalue weighted by Gasteiger charge is 2.17. The summed E-state index contributed by atoms with van der Waals surface area (Å²) in [4.78, 5) is 16.1. The van der Waals surface area contributed by atoms with Gasteiger partial charge >= 0.3 is 0 Å². The van der Waals surface area contributed by atoms with E-state index < -0.39 is 12.0 Å². The molecule has 5 heteroatoms. The van der Waals surface area contributed by atoms with E-state index in [1.807, 2.05) is 35.0 Å². The lowest BCUT2D eigenvalue weighted by atomic mass is 10.1. The SMILES string of the molecule is O=C(Nc1cccc(-n2ccnc2)c1)[C@H](O)c1ccccc1. The summed E-state index contributed by atoms with van der Waals surface area (Å²) in [5.41, 5.74) is 2.06. The van der Waals surface area contributed by atoms with E-state index in [0.29, 0.717) is 11.3 Å². The van der Waals surface area contributed by atoms with Crippen LogP contribution < -0.4 is 5.32 Å².